The van der Waals surface area contributed by atoms with Crippen molar-refractivity contribution in [3.8, 4) is 0 Å². The molecule has 13 heteroatoms. The van der Waals surface area contributed by atoms with Gasteiger partial charge in [-0.3, -0.25) is 20.2 Å². The van der Waals surface area contributed by atoms with Crippen molar-refractivity contribution in [3.63, 3.8) is 0 Å². The van der Waals surface area contributed by atoms with Crippen LogP contribution in [0.1, 0.15) is 60.7 Å². The van der Waals surface area contributed by atoms with Crippen molar-refractivity contribution >= 4 is 29.1 Å². The number of hydrogen-bond acceptors (Lipinski definition) is 11. The minimum Gasteiger partial charge on any atom is -0.456 e. The number of nitro groups is 2. The van der Waals surface area contributed by atoms with Crippen LogP contribution in [0.2, 0.25) is 0 Å². The van der Waals surface area contributed by atoms with Crippen LogP contribution in [0, 0.1) is 20.2 Å². The summed E-state index contributed by atoms with van der Waals surface area (Å²) in [6, 6.07) is 9.74. The van der Waals surface area contributed by atoms with Crippen LogP contribution in [0.25, 0.3) is 0 Å². The van der Waals surface area contributed by atoms with Crippen LogP contribution >= 0.6 is 0 Å². The Labute approximate surface area is 223 Å². The van der Waals surface area contributed by atoms with E-state index in [0.717, 1.165) is 0 Å². The molecule has 5 atom stereocenters. The van der Waals surface area contributed by atoms with Gasteiger partial charge in [-0.2, -0.15) is 0 Å². The number of ketones is 1. The van der Waals surface area contributed by atoms with Gasteiger partial charge in [0.05, 0.1) is 33.2 Å². The molecule has 1 heterocycles. The van der Waals surface area contributed by atoms with Crippen LogP contribution in [0.3, 0.4) is 0 Å². The molecule has 0 amide bonds. The molecule has 0 aromatic heterocycles. The van der Waals surface area contributed by atoms with Gasteiger partial charge >= 0.3 is 11.9 Å². The van der Waals surface area contributed by atoms with Crippen molar-refractivity contribution < 1.29 is 43.2 Å². The second-order valence-corrected chi connectivity index (χ2v) is 9.13. The molecule has 0 saturated carbocycles. The number of esters is 2. The molecule has 2 aromatic carbocycles. The molecule has 2 aromatic rings. The van der Waals surface area contributed by atoms with E-state index < -0.39 is 52.5 Å². The monoisotopic (exact) mass is 544 g/mol. The van der Waals surface area contributed by atoms with Crippen molar-refractivity contribution in [2.75, 3.05) is 0 Å². The molecule has 0 unspecified atom stereocenters. The summed E-state index contributed by atoms with van der Waals surface area (Å²) in [4.78, 5) is 57.5. The molecule has 1 aliphatic rings. The summed E-state index contributed by atoms with van der Waals surface area (Å²) in [6.07, 6.45) is -3.34. The molecule has 0 radical (unpaired) electrons. The van der Waals surface area contributed by atoms with E-state index in [0.29, 0.717) is 6.42 Å². The molecular formula is C26H28N2O11. The van der Waals surface area contributed by atoms with Gasteiger partial charge in [0.25, 0.3) is 11.4 Å². The van der Waals surface area contributed by atoms with E-state index in [1.165, 1.54) is 55.5 Å². The van der Waals surface area contributed by atoms with Crippen molar-refractivity contribution in [1.29, 1.82) is 0 Å². The first-order valence-electron chi connectivity index (χ1n) is 12.2. The van der Waals surface area contributed by atoms with E-state index >= 15 is 0 Å². The summed E-state index contributed by atoms with van der Waals surface area (Å²) in [6.45, 7) is 4.86. The Bertz CT molecular complexity index is 1210. The smallest absolute Gasteiger partial charge is 0.338 e. The van der Waals surface area contributed by atoms with Gasteiger partial charge in [0.2, 0.25) is 0 Å². The molecule has 13 nitrogen and oxygen atoms in total. The Balaban J connectivity index is 1.75. The first-order chi connectivity index (χ1) is 18.4. The number of carbonyl (C=O) groups excluding carboxylic acids is 3. The molecule has 0 aliphatic carbocycles. The van der Waals surface area contributed by atoms with Crippen LogP contribution in [-0.4, -0.2) is 58.3 Å². The van der Waals surface area contributed by atoms with Crippen molar-refractivity contribution in [2.24, 2.45) is 0 Å². The maximum atomic E-state index is 12.8. The molecule has 0 spiro atoms. The minimum atomic E-state index is -1.04. The summed E-state index contributed by atoms with van der Waals surface area (Å²) in [5.41, 5.74) is -0.233. The third-order valence-corrected chi connectivity index (χ3v) is 6.05. The Kier molecular flexibility index (Phi) is 9.79. The zero-order valence-electron chi connectivity index (χ0n) is 21.5. The number of benzene rings is 2. The topological polar surface area (TPSA) is 174 Å². The molecule has 1 fully saturated rings. The summed E-state index contributed by atoms with van der Waals surface area (Å²) in [5.74, 6) is -1.55. The van der Waals surface area contributed by atoms with Crippen LogP contribution in [0.15, 0.2) is 48.5 Å². The Morgan fingerprint density at radius 2 is 1.36 bits per heavy atom. The van der Waals surface area contributed by atoms with Crippen LogP contribution in [0.5, 0.6) is 0 Å². The summed E-state index contributed by atoms with van der Waals surface area (Å²) in [7, 11) is 0. The predicted molar refractivity (Wildman–Crippen MR) is 134 cm³/mol. The number of rotatable bonds is 11. The van der Waals surface area contributed by atoms with E-state index in [-0.39, 0.29) is 41.1 Å². The molecule has 0 N–H and O–H groups in total. The highest BCUT2D eigenvalue weighted by Gasteiger charge is 2.42. The SMILES string of the molecule is CC(=O)CC[C@@H](C)O[C@@H]1O[C@@H](C)[C@H](OC(=O)c2ccc([N+](=O)[O-])cc2)C[C@H]1OC(=O)c1ccc([N+](=O)[O-])cc1. The first kappa shape index (κ1) is 29.3. The first-order valence-corrected chi connectivity index (χ1v) is 12.2. The van der Waals surface area contributed by atoms with E-state index in [4.69, 9.17) is 18.9 Å². The molecule has 1 aliphatic heterocycles. The number of hydrogen-bond donors (Lipinski definition) is 0. The zero-order chi connectivity index (χ0) is 28.7. The minimum absolute atomic E-state index is 0.00268. The number of Topliss-reactive ketones (excluding diaryl/α,β-unsaturated/α-hetero) is 1. The van der Waals surface area contributed by atoms with Crippen LogP contribution < -0.4 is 0 Å². The van der Waals surface area contributed by atoms with Gasteiger partial charge < -0.3 is 23.7 Å². The molecule has 208 valence electrons. The van der Waals surface area contributed by atoms with E-state index in [9.17, 15) is 34.6 Å². The van der Waals surface area contributed by atoms with Gasteiger partial charge in [-0.25, -0.2) is 9.59 Å². The van der Waals surface area contributed by atoms with Gasteiger partial charge in [0, 0.05) is 37.1 Å². The lowest BCUT2D eigenvalue weighted by Gasteiger charge is -2.39. The Morgan fingerprint density at radius 3 is 1.79 bits per heavy atom. The standard InChI is InChI=1S/C26H28N2O11/c1-15(29)4-5-16(2)36-26-23(39-25(31)19-8-12-21(13-9-19)28(34)35)14-22(17(3)37-26)38-24(30)18-6-10-20(11-7-18)27(32)33/h6-13,16-17,22-23,26H,4-5,14H2,1-3H3/t16-,17+,22-,23-,26-/m1/s1. The zero-order valence-corrected chi connectivity index (χ0v) is 21.5. The van der Waals surface area contributed by atoms with Gasteiger partial charge in [-0.15, -0.1) is 0 Å². The highest BCUT2D eigenvalue weighted by atomic mass is 16.7. The summed E-state index contributed by atoms with van der Waals surface area (Å²) in [5, 5.41) is 21.8. The van der Waals surface area contributed by atoms with Crippen molar-refractivity contribution in [2.45, 2.75) is 70.7 Å². The summed E-state index contributed by atoms with van der Waals surface area (Å²) < 4.78 is 23.1. The fourth-order valence-electron chi connectivity index (χ4n) is 3.84. The lowest BCUT2D eigenvalue weighted by atomic mass is 10.0. The largest absolute Gasteiger partial charge is 0.456 e. The third-order valence-electron chi connectivity index (χ3n) is 6.05. The van der Waals surface area contributed by atoms with Crippen LogP contribution in [-0.2, 0) is 23.7 Å². The van der Waals surface area contributed by atoms with Gasteiger partial charge in [-0.05, 0) is 51.5 Å². The number of nitro benzene ring substituents is 2. The number of non-ortho nitro benzene ring substituents is 2. The number of carbonyl (C=O) groups is 3. The second-order valence-electron chi connectivity index (χ2n) is 9.13. The average molecular weight is 545 g/mol. The van der Waals surface area contributed by atoms with Gasteiger partial charge in [0.1, 0.15) is 11.9 Å². The molecular weight excluding hydrogens is 516 g/mol. The maximum absolute atomic E-state index is 12.8. The van der Waals surface area contributed by atoms with E-state index in [1.54, 1.807) is 13.8 Å². The Hall–Kier alpha value is -4.23. The summed E-state index contributed by atoms with van der Waals surface area (Å²) >= 11 is 0. The van der Waals surface area contributed by atoms with Crippen LogP contribution in [0.4, 0.5) is 11.4 Å². The lowest BCUT2D eigenvalue weighted by Crippen LogP contribution is -2.51. The van der Waals surface area contributed by atoms with Crippen molar-refractivity contribution in [1.82, 2.24) is 0 Å². The highest BCUT2D eigenvalue weighted by Crippen LogP contribution is 2.29. The third kappa shape index (κ3) is 8.12. The molecule has 3 rings (SSSR count). The van der Waals surface area contributed by atoms with E-state index in [2.05, 4.69) is 0 Å². The lowest BCUT2D eigenvalue weighted by molar-refractivity contribution is -0.385. The highest BCUT2D eigenvalue weighted by molar-refractivity contribution is 5.90. The predicted octanol–water partition coefficient (Wildman–Crippen LogP) is 4.16. The average Bonchev–Trinajstić information content (AvgIpc) is 2.90. The quantitative estimate of drug-likeness (QED) is 0.226. The maximum Gasteiger partial charge on any atom is 0.338 e. The number of ether oxygens (including phenoxy) is 4. The Morgan fingerprint density at radius 1 is 0.897 bits per heavy atom. The number of nitrogens with zero attached hydrogens (tertiary/aromatic N) is 2. The molecule has 1 saturated heterocycles. The van der Waals surface area contributed by atoms with Crippen molar-refractivity contribution in [3.05, 3.63) is 79.9 Å². The van der Waals surface area contributed by atoms with Gasteiger partial charge in [0.15, 0.2) is 12.4 Å². The fourth-order valence-corrected chi connectivity index (χ4v) is 3.84. The van der Waals surface area contributed by atoms with E-state index in [1.807, 2.05) is 0 Å². The normalized spacial score (nSPS) is 21.4. The van der Waals surface area contributed by atoms with Gasteiger partial charge in [-0.1, -0.05) is 0 Å². The molecule has 0 bridgehead atoms. The molecule has 39 heavy (non-hydrogen) atoms. The second kappa shape index (κ2) is 13.0. The fraction of sp³-hybridized carbons (Fsp3) is 0.423.